The number of urea groups is 1. The first-order valence-corrected chi connectivity index (χ1v) is 10.7. The molecule has 1 N–H and O–H groups in total. The van der Waals surface area contributed by atoms with Crippen LogP contribution in [-0.4, -0.2) is 85.5 Å². The van der Waals surface area contributed by atoms with E-state index in [2.05, 4.69) is 5.32 Å². The van der Waals surface area contributed by atoms with E-state index in [0.717, 1.165) is 18.4 Å². The van der Waals surface area contributed by atoms with Crippen LogP contribution in [0.4, 0.5) is 4.79 Å². The molecule has 1 unspecified atom stereocenters. The summed E-state index contributed by atoms with van der Waals surface area (Å²) in [4.78, 5) is 42.8. The summed E-state index contributed by atoms with van der Waals surface area (Å²) in [5.74, 6) is -0.0143. The Labute approximate surface area is 178 Å². The zero-order valence-electron chi connectivity index (χ0n) is 17.7. The van der Waals surface area contributed by atoms with Crippen molar-refractivity contribution in [2.45, 2.75) is 25.8 Å². The molecule has 8 nitrogen and oxygen atoms in total. The van der Waals surface area contributed by atoms with Gasteiger partial charge in [-0.1, -0.05) is 30.3 Å². The van der Waals surface area contributed by atoms with Crippen molar-refractivity contribution in [3.8, 4) is 0 Å². The van der Waals surface area contributed by atoms with Crippen LogP contribution in [0.3, 0.4) is 0 Å². The van der Waals surface area contributed by atoms with Crippen LogP contribution in [0.2, 0.25) is 0 Å². The molecule has 4 amide bonds. The number of carbonyl (C=O) groups is 3. The topological polar surface area (TPSA) is 82.2 Å². The highest BCUT2D eigenvalue weighted by Crippen LogP contribution is 2.20. The van der Waals surface area contributed by atoms with Gasteiger partial charge in [-0.05, 0) is 18.4 Å². The van der Waals surface area contributed by atoms with Gasteiger partial charge in [-0.15, -0.1) is 0 Å². The van der Waals surface area contributed by atoms with E-state index < -0.39 is 0 Å². The summed E-state index contributed by atoms with van der Waals surface area (Å²) in [6, 6.07) is 9.56. The van der Waals surface area contributed by atoms with E-state index in [-0.39, 0.29) is 36.7 Å². The van der Waals surface area contributed by atoms with E-state index in [0.29, 0.717) is 45.9 Å². The lowest BCUT2D eigenvalue weighted by Crippen LogP contribution is -2.49. The van der Waals surface area contributed by atoms with E-state index in [4.69, 9.17) is 4.74 Å². The highest BCUT2D eigenvalue weighted by molar-refractivity contribution is 5.82. The third-order valence-corrected chi connectivity index (χ3v) is 5.67. The number of rotatable bonds is 6. The Morgan fingerprint density at radius 2 is 1.83 bits per heavy atom. The van der Waals surface area contributed by atoms with Crippen LogP contribution in [0.1, 0.15) is 24.8 Å². The number of hydrogen-bond acceptors (Lipinski definition) is 4. The molecule has 8 heteroatoms. The van der Waals surface area contributed by atoms with Gasteiger partial charge in [0.2, 0.25) is 11.8 Å². The second-order valence-corrected chi connectivity index (χ2v) is 7.94. The Hall–Kier alpha value is -2.61. The lowest BCUT2D eigenvalue weighted by molar-refractivity contribution is -0.143. The third-order valence-electron chi connectivity index (χ3n) is 5.67. The average molecular weight is 417 g/mol. The standard InChI is InChI=1S/C22H32N4O4/c1-24(16-18-6-3-2-4-7-18)22(29)23-10-9-20(27)26-11-5-8-19(17-26)21(28)25-12-14-30-15-13-25/h2-4,6-7,19H,5,8-17H2,1H3,(H,23,29). The molecule has 2 heterocycles. The number of benzene rings is 1. The van der Waals surface area contributed by atoms with Crippen molar-refractivity contribution >= 4 is 17.8 Å². The molecule has 30 heavy (non-hydrogen) atoms. The minimum absolute atomic E-state index is 0.0134. The summed E-state index contributed by atoms with van der Waals surface area (Å²) in [7, 11) is 1.73. The fourth-order valence-corrected chi connectivity index (χ4v) is 3.95. The number of hydrogen-bond donors (Lipinski definition) is 1. The van der Waals surface area contributed by atoms with Crippen molar-refractivity contribution in [3.05, 3.63) is 35.9 Å². The minimum Gasteiger partial charge on any atom is -0.378 e. The number of nitrogens with zero attached hydrogens (tertiary/aromatic N) is 3. The minimum atomic E-state index is -0.203. The van der Waals surface area contributed by atoms with E-state index in [1.807, 2.05) is 35.2 Å². The first-order chi connectivity index (χ1) is 14.5. The van der Waals surface area contributed by atoms with Crippen LogP contribution >= 0.6 is 0 Å². The third kappa shape index (κ3) is 6.19. The summed E-state index contributed by atoms with van der Waals surface area (Å²) in [5.41, 5.74) is 1.05. The molecule has 0 bridgehead atoms. The fourth-order valence-electron chi connectivity index (χ4n) is 3.95. The number of piperidine rings is 1. The highest BCUT2D eigenvalue weighted by Gasteiger charge is 2.31. The molecule has 1 aromatic rings. The zero-order chi connectivity index (χ0) is 21.3. The second-order valence-electron chi connectivity index (χ2n) is 7.94. The van der Waals surface area contributed by atoms with Crippen LogP contribution in [0.5, 0.6) is 0 Å². The van der Waals surface area contributed by atoms with E-state index >= 15 is 0 Å². The van der Waals surface area contributed by atoms with Crippen LogP contribution in [0.25, 0.3) is 0 Å². The highest BCUT2D eigenvalue weighted by atomic mass is 16.5. The molecule has 0 aromatic heterocycles. The van der Waals surface area contributed by atoms with Crippen molar-refractivity contribution in [2.24, 2.45) is 5.92 Å². The Morgan fingerprint density at radius 3 is 2.57 bits per heavy atom. The normalized spacial score (nSPS) is 19.3. The molecule has 2 saturated heterocycles. The summed E-state index contributed by atoms with van der Waals surface area (Å²) in [6.45, 7) is 4.37. The number of likely N-dealkylation sites (tertiary alicyclic amines) is 1. The van der Waals surface area contributed by atoms with Gasteiger partial charge >= 0.3 is 6.03 Å². The van der Waals surface area contributed by atoms with Crippen molar-refractivity contribution in [3.63, 3.8) is 0 Å². The predicted molar refractivity (Wildman–Crippen MR) is 113 cm³/mol. The molecular formula is C22H32N4O4. The SMILES string of the molecule is CN(Cc1ccccc1)C(=O)NCCC(=O)N1CCCC(C(=O)N2CCOCC2)C1. The number of nitrogens with one attached hydrogen (secondary N) is 1. The van der Waals surface area contributed by atoms with Crippen LogP contribution in [-0.2, 0) is 20.9 Å². The molecule has 1 aromatic carbocycles. The van der Waals surface area contributed by atoms with E-state index in [9.17, 15) is 14.4 Å². The number of carbonyl (C=O) groups excluding carboxylic acids is 3. The molecule has 0 saturated carbocycles. The predicted octanol–water partition coefficient (Wildman–Crippen LogP) is 1.32. The van der Waals surface area contributed by atoms with Crippen molar-refractivity contribution in [2.75, 3.05) is 53.0 Å². The lowest BCUT2D eigenvalue weighted by Gasteiger charge is -2.36. The summed E-state index contributed by atoms with van der Waals surface area (Å²) in [6.07, 6.45) is 1.89. The maximum atomic E-state index is 12.7. The van der Waals surface area contributed by atoms with Gasteiger partial charge in [0.15, 0.2) is 0 Å². The maximum Gasteiger partial charge on any atom is 0.317 e. The molecule has 0 aliphatic carbocycles. The number of amides is 4. The summed E-state index contributed by atoms with van der Waals surface area (Å²) >= 11 is 0. The smallest absolute Gasteiger partial charge is 0.317 e. The van der Waals surface area contributed by atoms with Crippen LogP contribution in [0.15, 0.2) is 30.3 Å². The van der Waals surface area contributed by atoms with Gasteiger partial charge in [0.05, 0.1) is 19.1 Å². The molecular weight excluding hydrogens is 384 g/mol. The Morgan fingerprint density at radius 1 is 1.10 bits per heavy atom. The van der Waals surface area contributed by atoms with Gasteiger partial charge < -0.3 is 24.8 Å². The number of morpholine rings is 1. The zero-order valence-corrected chi connectivity index (χ0v) is 17.7. The molecule has 164 valence electrons. The number of ether oxygens (including phenoxy) is 1. The van der Waals surface area contributed by atoms with Crippen molar-refractivity contribution in [1.29, 1.82) is 0 Å². The van der Waals surface area contributed by atoms with E-state index in [1.54, 1.807) is 16.8 Å². The molecule has 3 rings (SSSR count). The molecule has 0 radical (unpaired) electrons. The Kier molecular flexibility index (Phi) is 8.07. The van der Waals surface area contributed by atoms with Gasteiger partial charge in [-0.25, -0.2) is 4.79 Å². The lowest BCUT2D eigenvalue weighted by atomic mass is 9.96. The maximum absolute atomic E-state index is 12.7. The van der Waals surface area contributed by atoms with Gasteiger partial charge in [-0.3, -0.25) is 9.59 Å². The van der Waals surface area contributed by atoms with Crippen molar-refractivity contribution in [1.82, 2.24) is 20.0 Å². The quantitative estimate of drug-likeness (QED) is 0.758. The monoisotopic (exact) mass is 416 g/mol. The van der Waals surface area contributed by atoms with Gasteiger partial charge in [-0.2, -0.15) is 0 Å². The summed E-state index contributed by atoms with van der Waals surface area (Å²) in [5, 5.41) is 2.81. The molecule has 2 fully saturated rings. The van der Waals surface area contributed by atoms with Gasteiger partial charge in [0, 0.05) is 52.7 Å². The van der Waals surface area contributed by atoms with Gasteiger partial charge in [0.25, 0.3) is 0 Å². The first kappa shape index (κ1) is 22.1. The fraction of sp³-hybridized carbons (Fsp3) is 0.591. The Balaban J connectivity index is 1.39. The first-order valence-electron chi connectivity index (χ1n) is 10.7. The molecule has 2 aliphatic heterocycles. The second kappa shape index (κ2) is 11.0. The van der Waals surface area contributed by atoms with Crippen LogP contribution in [0, 0.1) is 5.92 Å². The van der Waals surface area contributed by atoms with E-state index in [1.165, 1.54) is 0 Å². The molecule has 0 spiro atoms. The largest absolute Gasteiger partial charge is 0.378 e. The average Bonchev–Trinajstić information content (AvgIpc) is 2.79. The molecule has 1 atom stereocenters. The van der Waals surface area contributed by atoms with Crippen molar-refractivity contribution < 1.29 is 19.1 Å². The summed E-state index contributed by atoms with van der Waals surface area (Å²) < 4.78 is 5.31. The van der Waals surface area contributed by atoms with Crippen LogP contribution < -0.4 is 5.32 Å². The Bertz CT molecular complexity index is 721. The van der Waals surface area contributed by atoms with Gasteiger partial charge in [0.1, 0.15) is 0 Å². The molecule has 2 aliphatic rings.